The van der Waals surface area contributed by atoms with Crippen molar-refractivity contribution in [2.24, 2.45) is 12.9 Å². The van der Waals surface area contributed by atoms with Gasteiger partial charge in [0, 0.05) is 13.2 Å². The van der Waals surface area contributed by atoms with Gasteiger partial charge in [-0.05, 0) is 0 Å². The summed E-state index contributed by atoms with van der Waals surface area (Å²) in [5, 5.41) is 13.2. The van der Waals surface area contributed by atoms with Crippen LogP contribution in [0.4, 0.5) is 5.82 Å². The summed E-state index contributed by atoms with van der Waals surface area (Å²) in [6.07, 6.45) is 3.29. The maximum absolute atomic E-state index is 5.36. The second-order valence-corrected chi connectivity index (χ2v) is 3.13. The fourth-order valence-corrected chi connectivity index (χ4v) is 1.55. The van der Waals surface area contributed by atoms with Crippen LogP contribution in [0, 0.1) is 0 Å². The van der Waals surface area contributed by atoms with Gasteiger partial charge in [-0.25, -0.2) is 10.8 Å². The predicted octanol–water partition coefficient (Wildman–Crippen LogP) is -0.703. The number of nitrogens with two attached hydrogens (primary N) is 1. The molecule has 0 spiro atoms. The van der Waals surface area contributed by atoms with Crippen LogP contribution in [0.3, 0.4) is 0 Å². The third-order valence-electron chi connectivity index (χ3n) is 2.16. The molecule has 15 heavy (non-hydrogen) atoms. The first kappa shape index (κ1) is 8.12. The van der Waals surface area contributed by atoms with E-state index in [9.17, 15) is 0 Å². The smallest absolute Gasteiger partial charge is 0.191 e. The van der Waals surface area contributed by atoms with Crippen molar-refractivity contribution >= 4 is 22.4 Å². The van der Waals surface area contributed by atoms with Gasteiger partial charge in [0.25, 0.3) is 0 Å². The second kappa shape index (κ2) is 2.64. The lowest BCUT2D eigenvalue weighted by Crippen LogP contribution is -2.11. The Morgan fingerprint density at radius 1 is 1.40 bits per heavy atom. The Hall–Kier alpha value is -2.22. The zero-order valence-corrected chi connectivity index (χ0v) is 7.92. The number of fused-ring (bicyclic) bond motifs is 3. The molecule has 0 bridgehead atoms. The zero-order valence-electron chi connectivity index (χ0n) is 7.92. The van der Waals surface area contributed by atoms with Crippen molar-refractivity contribution in [3.05, 3.63) is 12.5 Å². The van der Waals surface area contributed by atoms with Gasteiger partial charge < -0.3 is 5.43 Å². The SMILES string of the molecule is Cn1cc2c(n1)c(NN)nn1ncnc21. The Kier molecular flexibility index (Phi) is 1.43. The minimum atomic E-state index is 0.476. The van der Waals surface area contributed by atoms with Gasteiger partial charge in [0.05, 0.1) is 5.39 Å². The first-order chi connectivity index (χ1) is 7.29. The highest BCUT2D eigenvalue weighted by Gasteiger charge is 2.12. The molecule has 8 heteroatoms. The Bertz CT molecular complexity index is 635. The number of nitrogens with one attached hydrogen (secondary N) is 1. The molecule has 0 aromatic carbocycles. The van der Waals surface area contributed by atoms with E-state index in [1.165, 1.54) is 11.0 Å². The second-order valence-electron chi connectivity index (χ2n) is 3.13. The summed E-state index contributed by atoms with van der Waals surface area (Å²) in [6.45, 7) is 0. The molecular weight excluding hydrogens is 196 g/mol. The molecule has 0 saturated carbocycles. The van der Waals surface area contributed by atoms with Crippen molar-refractivity contribution in [1.29, 1.82) is 0 Å². The van der Waals surface area contributed by atoms with Crippen LogP contribution in [0.1, 0.15) is 0 Å². The van der Waals surface area contributed by atoms with E-state index < -0.39 is 0 Å². The predicted molar refractivity (Wildman–Crippen MR) is 52.9 cm³/mol. The Labute approximate surface area is 83.7 Å². The summed E-state index contributed by atoms with van der Waals surface area (Å²) >= 11 is 0. The molecule has 0 amide bonds. The largest absolute Gasteiger partial charge is 0.305 e. The molecule has 0 radical (unpaired) electrons. The van der Waals surface area contributed by atoms with Crippen molar-refractivity contribution in [2.75, 3.05) is 5.43 Å². The number of hydrogen-bond donors (Lipinski definition) is 2. The van der Waals surface area contributed by atoms with Gasteiger partial charge in [0.1, 0.15) is 11.8 Å². The number of hydrazine groups is 1. The van der Waals surface area contributed by atoms with Crippen LogP contribution >= 0.6 is 0 Å². The number of nitrogen functional groups attached to an aromatic ring is 1. The van der Waals surface area contributed by atoms with Gasteiger partial charge in [0.2, 0.25) is 0 Å². The van der Waals surface area contributed by atoms with Crippen LogP contribution in [0.2, 0.25) is 0 Å². The number of nitrogens with zero attached hydrogens (tertiary/aromatic N) is 6. The quantitative estimate of drug-likeness (QED) is 0.401. The average molecular weight is 204 g/mol. The van der Waals surface area contributed by atoms with Gasteiger partial charge in [-0.1, -0.05) is 0 Å². The summed E-state index contributed by atoms with van der Waals surface area (Å²) in [4.78, 5) is 4.10. The Morgan fingerprint density at radius 3 is 3.07 bits per heavy atom. The molecule has 3 aromatic heterocycles. The lowest BCUT2D eigenvalue weighted by Gasteiger charge is -1.99. The zero-order chi connectivity index (χ0) is 10.4. The van der Waals surface area contributed by atoms with E-state index in [1.807, 2.05) is 13.2 Å². The molecule has 0 unspecified atom stereocenters. The molecule has 3 N–H and O–H groups in total. The summed E-state index contributed by atoms with van der Waals surface area (Å²) in [7, 11) is 1.83. The van der Waals surface area contributed by atoms with Gasteiger partial charge in [-0.3, -0.25) is 4.68 Å². The maximum atomic E-state index is 5.36. The van der Waals surface area contributed by atoms with E-state index in [0.29, 0.717) is 17.0 Å². The van der Waals surface area contributed by atoms with Crippen molar-refractivity contribution in [3.63, 3.8) is 0 Å². The summed E-state index contributed by atoms with van der Waals surface area (Å²) in [6, 6.07) is 0. The van der Waals surface area contributed by atoms with E-state index in [0.717, 1.165) is 5.39 Å². The number of aryl methyl sites for hydroxylation is 1. The van der Waals surface area contributed by atoms with Gasteiger partial charge in [-0.2, -0.15) is 5.10 Å². The first-order valence-corrected chi connectivity index (χ1v) is 4.29. The molecule has 3 rings (SSSR count). The molecule has 3 aromatic rings. The van der Waals surface area contributed by atoms with E-state index in [1.54, 1.807) is 4.68 Å². The average Bonchev–Trinajstić information content (AvgIpc) is 2.80. The molecule has 0 saturated heterocycles. The van der Waals surface area contributed by atoms with Crippen molar-refractivity contribution in [1.82, 2.24) is 29.6 Å². The summed E-state index contributed by atoms with van der Waals surface area (Å²) in [5.41, 5.74) is 3.83. The molecule has 76 valence electrons. The van der Waals surface area contributed by atoms with E-state index in [4.69, 9.17) is 5.84 Å². The van der Waals surface area contributed by atoms with Crippen molar-refractivity contribution in [3.8, 4) is 0 Å². The van der Waals surface area contributed by atoms with Crippen LogP contribution in [0.15, 0.2) is 12.5 Å². The Balaban J connectivity index is 2.57. The third-order valence-corrected chi connectivity index (χ3v) is 2.16. The molecule has 0 atom stereocenters. The minimum Gasteiger partial charge on any atom is -0.305 e. The van der Waals surface area contributed by atoms with Gasteiger partial charge >= 0.3 is 0 Å². The summed E-state index contributed by atoms with van der Waals surface area (Å²) in [5.74, 6) is 5.84. The van der Waals surface area contributed by atoms with Crippen LogP contribution in [0.25, 0.3) is 16.6 Å². The number of rotatable bonds is 1. The molecule has 0 fully saturated rings. The lowest BCUT2D eigenvalue weighted by molar-refractivity contribution is 0.777. The van der Waals surface area contributed by atoms with Crippen molar-refractivity contribution in [2.45, 2.75) is 0 Å². The standard InChI is InChI=1S/C7H8N8/c1-14-2-4-5(12-14)6(11-8)13-15-7(4)9-3-10-15/h2-3H,8H2,1H3,(H,11,13). The van der Waals surface area contributed by atoms with E-state index in [2.05, 4.69) is 25.7 Å². The van der Waals surface area contributed by atoms with Gasteiger partial charge in [0.15, 0.2) is 11.5 Å². The molecule has 3 heterocycles. The highest BCUT2D eigenvalue weighted by Crippen LogP contribution is 2.21. The van der Waals surface area contributed by atoms with Crippen LogP contribution in [-0.4, -0.2) is 29.6 Å². The van der Waals surface area contributed by atoms with Gasteiger partial charge in [-0.15, -0.1) is 14.8 Å². The fraction of sp³-hybridized carbons (Fsp3) is 0.143. The normalized spacial score (nSPS) is 11.3. The topological polar surface area (TPSA) is 99.0 Å². The van der Waals surface area contributed by atoms with E-state index in [-0.39, 0.29) is 0 Å². The number of anilines is 1. The molecule has 0 aliphatic rings. The lowest BCUT2D eigenvalue weighted by atomic mass is 10.3. The molecule has 0 aliphatic carbocycles. The maximum Gasteiger partial charge on any atom is 0.191 e. The highest BCUT2D eigenvalue weighted by atomic mass is 15.5. The Morgan fingerprint density at radius 2 is 2.27 bits per heavy atom. The first-order valence-electron chi connectivity index (χ1n) is 4.29. The summed E-state index contributed by atoms with van der Waals surface area (Å²) < 4.78 is 3.10. The third kappa shape index (κ3) is 0.987. The number of hydrogen-bond acceptors (Lipinski definition) is 6. The van der Waals surface area contributed by atoms with E-state index >= 15 is 0 Å². The van der Waals surface area contributed by atoms with Crippen molar-refractivity contribution < 1.29 is 0 Å². The molecule has 0 aliphatic heterocycles. The molecular formula is C7H8N8. The minimum absolute atomic E-state index is 0.476. The fourth-order valence-electron chi connectivity index (χ4n) is 1.55. The van der Waals surface area contributed by atoms with Crippen LogP contribution in [-0.2, 0) is 7.05 Å². The van der Waals surface area contributed by atoms with Crippen LogP contribution in [0.5, 0.6) is 0 Å². The van der Waals surface area contributed by atoms with Crippen LogP contribution < -0.4 is 11.3 Å². The highest BCUT2D eigenvalue weighted by molar-refractivity contribution is 5.96. The number of aromatic nitrogens is 6. The monoisotopic (exact) mass is 204 g/mol. The molecule has 8 nitrogen and oxygen atoms in total.